The number of amides is 1. The first-order valence-corrected chi connectivity index (χ1v) is 10.2. The van der Waals surface area contributed by atoms with Gasteiger partial charge in [0.1, 0.15) is 12.4 Å². The molecule has 28 heavy (non-hydrogen) atoms. The number of hydrogen-bond acceptors (Lipinski definition) is 5. The van der Waals surface area contributed by atoms with Crippen molar-refractivity contribution in [3.8, 4) is 5.75 Å². The Morgan fingerprint density at radius 1 is 1.11 bits per heavy atom. The number of benzene rings is 2. The van der Waals surface area contributed by atoms with Crippen LogP contribution in [0.25, 0.3) is 0 Å². The Balaban J connectivity index is 1.54. The number of carbonyl (C=O) groups is 1. The van der Waals surface area contributed by atoms with Gasteiger partial charge in [0.25, 0.3) is 0 Å². The van der Waals surface area contributed by atoms with Crippen LogP contribution in [-0.2, 0) is 18.4 Å². The van der Waals surface area contributed by atoms with Gasteiger partial charge in [-0.15, -0.1) is 10.2 Å². The van der Waals surface area contributed by atoms with Crippen LogP contribution < -0.4 is 10.1 Å². The van der Waals surface area contributed by atoms with E-state index in [0.29, 0.717) is 37.5 Å². The average molecular weight is 458 g/mol. The molecule has 146 valence electrons. The van der Waals surface area contributed by atoms with Gasteiger partial charge in [0.05, 0.1) is 10.8 Å². The van der Waals surface area contributed by atoms with Crippen molar-refractivity contribution in [3.63, 3.8) is 0 Å². The summed E-state index contributed by atoms with van der Waals surface area (Å²) in [5.41, 5.74) is 0.681. The lowest BCUT2D eigenvalue weighted by Gasteiger charge is -2.08. The molecule has 0 aliphatic carbocycles. The molecule has 0 saturated heterocycles. The largest absolute Gasteiger partial charge is 0.484 e. The van der Waals surface area contributed by atoms with E-state index in [2.05, 4.69) is 15.5 Å². The fourth-order valence-corrected chi connectivity index (χ4v) is 3.38. The molecule has 0 aliphatic heterocycles. The second-order valence-corrected chi connectivity index (χ2v) is 7.89. The Morgan fingerprint density at radius 3 is 2.57 bits per heavy atom. The standard InChI is InChI=1S/C18H15Cl3N4O2S/c1-25-16(9-27-15-8-12(20)4-7-14(15)21)23-24-18(25)28-10-17(26)22-13-5-2-11(19)3-6-13/h2-8H,9-10H2,1H3,(H,22,26). The van der Waals surface area contributed by atoms with E-state index in [1.54, 1.807) is 54.1 Å². The zero-order valence-electron chi connectivity index (χ0n) is 14.7. The topological polar surface area (TPSA) is 69.0 Å². The van der Waals surface area contributed by atoms with Gasteiger partial charge in [0.15, 0.2) is 11.0 Å². The fourth-order valence-electron chi connectivity index (χ4n) is 2.19. The van der Waals surface area contributed by atoms with E-state index in [1.165, 1.54) is 11.8 Å². The maximum atomic E-state index is 12.1. The predicted molar refractivity (Wildman–Crippen MR) is 113 cm³/mol. The van der Waals surface area contributed by atoms with E-state index in [-0.39, 0.29) is 18.3 Å². The number of ether oxygens (including phenoxy) is 1. The number of aromatic nitrogens is 3. The van der Waals surface area contributed by atoms with Gasteiger partial charge >= 0.3 is 0 Å². The SMILES string of the molecule is Cn1c(COc2cc(Cl)ccc2Cl)nnc1SCC(=O)Nc1ccc(Cl)cc1. The highest BCUT2D eigenvalue weighted by molar-refractivity contribution is 7.99. The molecule has 1 aromatic heterocycles. The molecular formula is C18H15Cl3N4O2S. The van der Waals surface area contributed by atoms with Gasteiger partial charge < -0.3 is 14.6 Å². The lowest BCUT2D eigenvalue weighted by Crippen LogP contribution is -2.14. The number of halogens is 3. The van der Waals surface area contributed by atoms with Gasteiger partial charge in [-0.3, -0.25) is 4.79 Å². The van der Waals surface area contributed by atoms with E-state index < -0.39 is 0 Å². The normalized spacial score (nSPS) is 10.7. The second-order valence-electron chi connectivity index (χ2n) is 5.66. The van der Waals surface area contributed by atoms with E-state index in [9.17, 15) is 4.79 Å². The number of thioether (sulfide) groups is 1. The van der Waals surface area contributed by atoms with E-state index in [0.717, 1.165) is 0 Å². The lowest BCUT2D eigenvalue weighted by molar-refractivity contribution is -0.113. The maximum Gasteiger partial charge on any atom is 0.234 e. The molecule has 10 heteroatoms. The number of anilines is 1. The summed E-state index contributed by atoms with van der Waals surface area (Å²) in [4.78, 5) is 12.1. The monoisotopic (exact) mass is 456 g/mol. The van der Waals surface area contributed by atoms with Crippen LogP contribution in [0, 0.1) is 0 Å². The summed E-state index contributed by atoms with van der Waals surface area (Å²) in [7, 11) is 1.80. The van der Waals surface area contributed by atoms with Crippen LogP contribution in [-0.4, -0.2) is 26.4 Å². The first-order chi connectivity index (χ1) is 13.4. The summed E-state index contributed by atoms with van der Waals surface area (Å²) in [5.74, 6) is 1.10. The molecule has 6 nitrogen and oxygen atoms in total. The van der Waals surface area contributed by atoms with Gasteiger partial charge in [-0.05, 0) is 36.4 Å². The smallest absolute Gasteiger partial charge is 0.234 e. The van der Waals surface area contributed by atoms with Crippen molar-refractivity contribution in [2.75, 3.05) is 11.1 Å². The molecule has 3 rings (SSSR count). The third-order valence-corrected chi connectivity index (χ3v) is 5.46. The van der Waals surface area contributed by atoms with Crippen LogP contribution in [0.4, 0.5) is 5.69 Å². The lowest BCUT2D eigenvalue weighted by atomic mass is 10.3. The highest BCUT2D eigenvalue weighted by Crippen LogP contribution is 2.28. The third-order valence-electron chi connectivity index (χ3n) is 3.64. The molecule has 0 bridgehead atoms. The zero-order valence-corrected chi connectivity index (χ0v) is 17.7. The second kappa shape index (κ2) is 9.52. The molecule has 0 radical (unpaired) electrons. The number of nitrogens with zero attached hydrogens (tertiary/aromatic N) is 3. The van der Waals surface area contributed by atoms with Crippen LogP contribution in [0.2, 0.25) is 15.1 Å². The quantitative estimate of drug-likeness (QED) is 0.501. The Hall–Kier alpha value is -1.93. The van der Waals surface area contributed by atoms with Crippen LogP contribution in [0.1, 0.15) is 5.82 Å². The molecule has 0 unspecified atom stereocenters. The minimum absolute atomic E-state index is 0.154. The van der Waals surface area contributed by atoms with Gasteiger partial charge in [-0.25, -0.2) is 0 Å². The molecule has 0 saturated carbocycles. The zero-order chi connectivity index (χ0) is 20.1. The van der Waals surface area contributed by atoms with E-state index in [1.807, 2.05) is 0 Å². The molecular weight excluding hydrogens is 443 g/mol. The highest BCUT2D eigenvalue weighted by atomic mass is 35.5. The number of rotatable bonds is 7. The maximum absolute atomic E-state index is 12.1. The Morgan fingerprint density at radius 2 is 1.82 bits per heavy atom. The van der Waals surface area contributed by atoms with Crippen molar-refractivity contribution in [3.05, 3.63) is 63.4 Å². The molecule has 0 aliphatic rings. The summed E-state index contributed by atoms with van der Waals surface area (Å²) in [6.07, 6.45) is 0. The predicted octanol–water partition coefficient (Wildman–Crippen LogP) is 5.09. The molecule has 0 atom stereocenters. The number of nitrogens with one attached hydrogen (secondary N) is 1. The van der Waals surface area contributed by atoms with Crippen LogP contribution in [0.3, 0.4) is 0 Å². The van der Waals surface area contributed by atoms with Gasteiger partial charge in [-0.2, -0.15) is 0 Å². The minimum atomic E-state index is -0.154. The molecule has 0 fully saturated rings. The average Bonchev–Trinajstić information content (AvgIpc) is 3.02. The first kappa shape index (κ1) is 20.8. The van der Waals surface area contributed by atoms with Crippen molar-refractivity contribution in [1.82, 2.24) is 14.8 Å². The Kier molecular flexibility index (Phi) is 7.07. The highest BCUT2D eigenvalue weighted by Gasteiger charge is 2.13. The first-order valence-electron chi connectivity index (χ1n) is 8.06. The summed E-state index contributed by atoms with van der Waals surface area (Å²) in [6.45, 7) is 0.168. The minimum Gasteiger partial charge on any atom is -0.484 e. The molecule has 0 spiro atoms. The fraction of sp³-hybridized carbons (Fsp3) is 0.167. The Labute approximate surface area is 181 Å². The number of hydrogen-bond donors (Lipinski definition) is 1. The molecule has 1 amide bonds. The van der Waals surface area contributed by atoms with Crippen molar-refractivity contribution < 1.29 is 9.53 Å². The van der Waals surface area contributed by atoms with Gasteiger partial charge in [-0.1, -0.05) is 46.6 Å². The molecule has 1 N–H and O–H groups in total. The van der Waals surface area contributed by atoms with Crippen LogP contribution in [0.15, 0.2) is 47.6 Å². The van der Waals surface area contributed by atoms with Crippen molar-refractivity contribution in [2.45, 2.75) is 11.8 Å². The third kappa shape index (κ3) is 5.54. The van der Waals surface area contributed by atoms with Gasteiger partial charge in [0.2, 0.25) is 5.91 Å². The molecule has 3 aromatic rings. The van der Waals surface area contributed by atoms with E-state index >= 15 is 0 Å². The summed E-state index contributed by atoms with van der Waals surface area (Å²) in [6, 6.07) is 11.9. The van der Waals surface area contributed by atoms with Gasteiger partial charge in [0, 0.05) is 28.8 Å². The van der Waals surface area contributed by atoms with Crippen LogP contribution >= 0.6 is 46.6 Å². The van der Waals surface area contributed by atoms with Crippen molar-refractivity contribution in [1.29, 1.82) is 0 Å². The molecule has 2 aromatic carbocycles. The Bertz CT molecular complexity index is 979. The number of carbonyl (C=O) groups excluding carboxylic acids is 1. The summed E-state index contributed by atoms with van der Waals surface area (Å²) in [5, 5.41) is 13.2. The summed E-state index contributed by atoms with van der Waals surface area (Å²) >= 11 is 19.1. The van der Waals surface area contributed by atoms with Crippen molar-refractivity contribution in [2.24, 2.45) is 7.05 Å². The summed E-state index contributed by atoms with van der Waals surface area (Å²) < 4.78 is 7.44. The van der Waals surface area contributed by atoms with Crippen molar-refractivity contribution >= 4 is 58.2 Å². The van der Waals surface area contributed by atoms with E-state index in [4.69, 9.17) is 39.5 Å². The van der Waals surface area contributed by atoms with Crippen LogP contribution in [0.5, 0.6) is 5.75 Å². The molecule has 1 heterocycles.